The molecule has 0 spiro atoms. The first-order valence-corrected chi connectivity index (χ1v) is 25.9. The Morgan fingerprint density at radius 3 is 2.20 bits per heavy atom. The molecule has 1 saturated carbocycles. The minimum atomic E-state index is -4.23. The smallest absolute Gasteiger partial charge is 0.264 e. The molecule has 1 aliphatic heterocycles. The number of hydrogen-bond acceptors (Lipinski definition) is 10. The fourth-order valence-corrected chi connectivity index (χ4v) is 14.9. The Morgan fingerprint density at radius 1 is 0.879 bits per heavy atom. The first kappa shape index (κ1) is 45.0. The number of anilines is 1. The molecule has 7 aromatic rings. The maximum Gasteiger partial charge on any atom is 0.264 e. The van der Waals surface area contributed by atoms with Crippen LogP contribution in [0.5, 0.6) is 5.88 Å². The van der Waals surface area contributed by atoms with Crippen LogP contribution in [0.15, 0.2) is 131 Å². The van der Waals surface area contributed by atoms with Crippen molar-refractivity contribution in [2.75, 3.05) is 17.9 Å². The number of hydrogen-bond donors (Lipinski definition) is 1. The van der Waals surface area contributed by atoms with E-state index in [0.717, 1.165) is 29.5 Å². The monoisotopic (exact) mass is 920 g/mol. The van der Waals surface area contributed by atoms with Gasteiger partial charge < -0.3 is 18.5 Å². The minimum Gasteiger partial charge on any atom is -0.475 e. The van der Waals surface area contributed by atoms with Crippen LogP contribution in [0.3, 0.4) is 0 Å². The van der Waals surface area contributed by atoms with Crippen LogP contribution in [0.1, 0.15) is 92.7 Å². The summed E-state index contributed by atoms with van der Waals surface area (Å²) in [7, 11) is -7.03. The third-order valence-electron chi connectivity index (χ3n) is 13.1. The van der Waals surface area contributed by atoms with Gasteiger partial charge in [-0.2, -0.15) is 4.98 Å². The summed E-state index contributed by atoms with van der Waals surface area (Å²) >= 11 is 0. The van der Waals surface area contributed by atoms with Gasteiger partial charge in [-0.05, 0) is 83.3 Å². The molecular weight excluding hydrogens is 865 g/mol. The van der Waals surface area contributed by atoms with Crippen LogP contribution in [0, 0.1) is 19.3 Å². The topological polar surface area (TPSA) is 150 Å². The zero-order chi connectivity index (χ0) is 46.4. The molecule has 0 radical (unpaired) electrons. The van der Waals surface area contributed by atoms with E-state index in [1.807, 2.05) is 50.2 Å². The average Bonchev–Trinajstić information content (AvgIpc) is 3.87. The van der Waals surface area contributed by atoms with Gasteiger partial charge in [0.05, 0.1) is 35.1 Å². The van der Waals surface area contributed by atoms with Crippen LogP contribution in [0.4, 0.5) is 5.95 Å². The number of sulfonamides is 1. The van der Waals surface area contributed by atoms with Crippen LogP contribution < -0.4 is 19.8 Å². The molecule has 0 saturated heterocycles. The minimum absolute atomic E-state index is 0.00469. The van der Waals surface area contributed by atoms with Crippen molar-refractivity contribution in [1.29, 1.82) is 0 Å². The van der Waals surface area contributed by atoms with E-state index in [4.69, 9.17) is 23.5 Å². The highest BCUT2D eigenvalue weighted by molar-refractivity contribution is 7.92. The van der Waals surface area contributed by atoms with Crippen molar-refractivity contribution in [1.82, 2.24) is 24.8 Å². The lowest BCUT2D eigenvalue weighted by atomic mass is 9.97. The van der Waals surface area contributed by atoms with Gasteiger partial charge in [0, 0.05) is 35.8 Å². The predicted molar refractivity (Wildman–Crippen MR) is 259 cm³/mol. The summed E-state index contributed by atoms with van der Waals surface area (Å²) in [6.07, 6.45) is 4.31. The second kappa shape index (κ2) is 17.5. The molecule has 12 nitrogen and oxygen atoms in total. The van der Waals surface area contributed by atoms with E-state index in [2.05, 4.69) is 97.8 Å². The molecule has 2 atom stereocenters. The number of fused-ring (bicyclic) bond motifs is 5. The molecular formula is C52H56N6O6SSi. The van der Waals surface area contributed by atoms with E-state index < -0.39 is 24.4 Å². The standard InChI is InChI=1S/C52H56N6O6SSi/c1-34-16-14-17-35(2)47(34)43-28-46-56-50(55-43)57-65(60,61)40-19-15-18-37(26-40)49(59)58(39(33-62-46)29-52(7)24-25-52)31-38-30-53-48-44(54-38)27-45(64-48)36(3)32-63-66(51(4,5)6,41-20-10-8-11-21-41)42-22-12-9-13-23-42/h8-23,26-28,30,36,39H,24-25,29,31-33H2,1-7H3,(H,55,56,57)/t36-,39-/m1/s1. The predicted octanol–water partition coefficient (Wildman–Crippen LogP) is 9.37. The molecule has 0 unspecified atom stereocenters. The number of rotatable bonds is 11. The SMILES string of the molecule is Cc1cccc(C)c1-c1cc2nc(n1)NS(=O)(=O)c1cccc(c1)C(=O)N(Cc1cnc3oc([C@H](C)CO[Si](c4ccccc4)(c4ccccc4)C(C)(C)C)cc3n1)[C@H](CC1(C)CC1)CO2. The number of carbonyl (C=O) groups is 1. The van der Waals surface area contributed by atoms with Gasteiger partial charge >= 0.3 is 0 Å². The van der Waals surface area contributed by atoms with E-state index in [9.17, 15) is 13.2 Å². The van der Waals surface area contributed by atoms with Crippen molar-refractivity contribution in [2.45, 2.75) is 96.2 Å². The fourth-order valence-electron chi connectivity index (χ4n) is 9.29. The summed E-state index contributed by atoms with van der Waals surface area (Å²) in [5, 5.41) is 2.22. The van der Waals surface area contributed by atoms with Crippen LogP contribution in [-0.2, 0) is 21.0 Å². The van der Waals surface area contributed by atoms with Gasteiger partial charge in [0.25, 0.3) is 24.2 Å². The van der Waals surface area contributed by atoms with Gasteiger partial charge in [-0.1, -0.05) is 120 Å². The summed E-state index contributed by atoms with van der Waals surface area (Å²) in [4.78, 5) is 35.5. The van der Waals surface area contributed by atoms with Gasteiger partial charge in [-0.3, -0.25) is 4.79 Å². The van der Waals surface area contributed by atoms with E-state index in [1.165, 1.54) is 22.5 Å². The van der Waals surface area contributed by atoms with Crippen LogP contribution >= 0.6 is 0 Å². The van der Waals surface area contributed by atoms with Crippen molar-refractivity contribution in [3.63, 3.8) is 0 Å². The number of nitrogens with one attached hydrogen (secondary N) is 1. The molecule has 1 fully saturated rings. The number of carbonyl (C=O) groups excluding carboxylic acids is 1. The molecule has 1 N–H and O–H groups in total. The van der Waals surface area contributed by atoms with E-state index in [-0.39, 0.29) is 57.7 Å². The van der Waals surface area contributed by atoms with Crippen LogP contribution in [-0.4, -0.2) is 66.7 Å². The van der Waals surface area contributed by atoms with Crippen molar-refractivity contribution in [3.8, 4) is 17.1 Å². The van der Waals surface area contributed by atoms with Gasteiger partial charge in [0.15, 0.2) is 0 Å². The highest BCUT2D eigenvalue weighted by Crippen LogP contribution is 2.50. The summed E-state index contributed by atoms with van der Waals surface area (Å²) < 4.78 is 50.6. The molecule has 66 heavy (non-hydrogen) atoms. The lowest BCUT2D eigenvalue weighted by Gasteiger charge is -2.43. The third kappa shape index (κ3) is 9.01. The lowest BCUT2D eigenvalue weighted by molar-refractivity contribution is 0.0537. The lowest BCUT2D eigenvalue weighted by Crippen LogP contribution is -2.66. The number of ether oxygens (including phenoxy) is 1. The highest BCUT2D eigenvalue weighted by Gasteiger charge is 2.50. The Morgan fingerprint density at radius 2 is 1.55 bits per heavy atom. The number of aryl methyl sites for hydroxylation is 2. The fraction of sp³-hybridized carbons (Fsp3) is 0.327. The first-order valence-electron chi connectivity index (χ1n) is 22.5. The first-order chi connectivity index (χ1) is 31.5. The molecule has 14 heteroatoms. The average molecular weight is 921 g/mol. The number of nitrogens with zero attached hydrogens (tertiary/aromatic N) is 5. The Balaban J connectivity index is 1.05. The van der Waals surface area contributed by atoms with Gasteiger partial charge in [0.2, 0.25) is 17.5 Å². The highest BCUT2D eigenvalue weighted by atomic mass is 32.2. The molecule has 9 rings (SSSR count). The van der Waals surface area contributed by atoms with Gasteiger partial charge in [-0.25, -0.2) is 28.1 Å². The van der Waals surface area contributed by atoms with Crippen LogP contribution in [0.2, 0.25) is 5.04 Å². The number of aromatic nitrogens is 4. The summed E-state index contributed by atoms with van der Waals surface area (Å²) in [6.45, 7) is 15.6. The van der Waals surface area contributed by atoms with Crippen molar-refractivity contribution in [2.24, 2.45) is 5.41 Å². The Hall–Kier alpha value is -6.22. The Kier molecular flexibility index (Phi) is 11.9. The number of amides is 1. The zero-order valence-corrected chi connectivity index (χ0v) is 40.4. The van der Waals surface area contributed by atoms with E-state index in [0.29, 0.717) is 41.4 Å². The summed E-state index contributed by atoms with van der Waals surface area (Å²) in [5.41, 5.74) is 5.00. The Bertz CT molecular complexity index is 2970. The van der Waals surface area contributed by atoms with Crippen LogP contribution in [0.25, 0.3) is 22.5 Å². The summed E-state index contributed by atoms with van der Waals surface area (Å²) in [6, 6.07) is 36.3. The molecule has 1 amide bonds. The van der Waals surface area contributed by atoms with Gasteiger partial charge in [0.1, 0.15) is 17.9 Å². The second-order valence-corrected chi connectivity index (χ2v) is 25.3. The van der Waals surface area contributed by atoms with E-state index >= 15 is 0 Å². The largest absolute Gasteiger partial charge is 0.475 e. The van der Waals surface area contributed by atoms with Gasteiger partial charge in [-0.15, -0.1) is 0 Å². The van der Waals surface area contributed by atoms with Crippen molar-refractivity contribution in [3.05, 3.63) is 150 Å². The maximum absolute atomic E-state index is 14.9. The molecule has 2 aliphatic rings. The third-order valence-corrected chi connectivity index (χ3v) is 19.4. The Labute approximate surface area is 388 Å². The molecule has 4 bridgehead atoms. The molecule has 3 aromatic heterocycles. The maximum atomic E-state index is 14.9. The normalized spacial score (nSPS) is 17.5. The quantitative estimate of drug-likeness (QED) is 0.124. The second-order valence-electron chi connectivity index (χ2n) is 19.3. The zero-order valence-electron chi connectivity index (χ0n) is 38.5. The molecule has 4 aromatic carbocycles. The number of furan rings is 1. The summed E-state index contributed by atoms with van der Waals surface area (Å²) in [5.74, 6) is 0.258. The molecule has 1 aliphatic carbocycles. The number of benzene rings is 4. The van der Waals surface area contributed by atoms with Crippen molar-refractivity contribution >= 4 is 51.8 Å². The molecule has 4 heterocycles. The molecule has 340 valence electrons. The van der Waals surface area contributed by atoms with E-state index in [1.54, 1.807) is 29.3 Å². The van der Waals surface area contributed by atoms with Crippen molar-refractivity contribution < 1.29 is 26.8 Å².